The quantitative estimate of drug-likeness (QED) is 0.504. The van der Waals surface area contributed by atoms with E-state index >= 15 is 0 Å². The van der Waals surface area contributed by atoms with Crippen LogP contribution in [0.2, 0.25) is 0 Å². The van der Waals surface area contributed by atoms with Gasteiger partial charge in [0.25, 0.3) is 0 Å². The molecular formula is C13H18O2. The zero-order valence-corrected chi connectivity index (χ0v) is 9.24. The van der Waals surface area contributed by atoms with E-state index in [0.717, 1.165) is 6.42 Å². The molecule has 2 nitrogen and oxygen atoms in total. The molecule has 0 aliphatic carbocycles. The van der Waals surface area contributed by atoms with Gasteiger partial charge in [0.05, 0.1) is 19.8 Å². The molecule has 1 rings (SSSR count). The SMILES string of the molecule is C=CCc1cccc(COCCOC)c1. The number of hydrogen-bond donors (Lipinski definition) is 0. The van der Waals surface area contributed by atoms with Gasteiger partial charge in [0.15, 0.2) is 0 Å². The molecule has 1 aromatic carbocycles. The standard InChI is InChI=1S/C13H18O2/c1-3-5-12-6-4-7-13(10-12)11-15-9-8-14-2/h3-4,6-7,10H,1,5,8-9,11H2,2H3. The zero-order valence-electron chi connectivity index (χ0n) is 9.24. The summed E-state index contributed by atoms with van der Waals surface area (Å²) >= 11 is 0. The van der Waals surface area contributed by atoms with Crippen LogP contribution >= 0.6 is 0 Å². The molecule has 0 spiro atoms. The van der Waals surface area contributed by atoms with Gasteiger partial charge in [-0.1, -0.05) is 30.3 Å². The maximum absolute atomic E-state index is 5.44. The summed E-state index contributed by atoms with van der Waals surface area (Å²) in [4.78, 5) is 0. The lowest BCUT2D eigenvalue weighted by Gasteiger charge is -2.05. The first-order valence-electron chi connectivity index (χ1n) is 5.12. The second-order valence-corrected chi connectivity index (χ2v) is 3.36. The summed E-state index contributed by atoms with van der Waals surface area (Å²) in [5.74, 6) is 0. The molecule has 0 unspecified atom stereocenters. The molecule has 0 saturated carbocycles. The van der Waals surface area contributed by atoms with Crippen LogP contribution in [0.4, 0.5) is 0 Å². The van der Waals surface area contributed by atoms with Crippen LogP contribution in [0, 0.1) is 0 Å². The normalized spacial score (nSPS) is 10.2. The summed E-state index contributed by atoms with van der Waals surface area (Å²) in [5, 5.41) is 0. The van der Waals surface area contributed by atoms with E-state index in [0.29, 0.717) is 19.8 Å². The van der Waals surface area contributed by atoms with Crippen LogP contribution in [0.1, 0.15) is 11.1 Å². The fourth-order valence-corrected chi connectivity index (χ4v) is 1.35. The minimum Gasteiger partial charge on any atom is -0.382 e. The van der Waals surface area contributed by atoms with Crippen molar-refractivity contribution >= 4 is 0 Å². The molecule has 0 fully saturated rings. The van der Waals surface area contributed by atoms with Gasteiger partial charge in [0, 0.05) is 7.11 Å². The van der Waals surface area contributed by atoms with E-state index in [-0.39, 0.29) is 0 Å². The lowest BCUT2D eigenvalue weighted by molar-refractivity contribution is 0.0616. The molecule has 0 heterocycles. The Labute approximate surface area is 91.5 Å². The maximum Gasteiger partial charge on any atom is 0.0718 e. The number of hydrogen-bond acceptors (Lipinski definition) is 2. The summed E-state index contributed by atoms with van der Waals surface area (Å²) in [6.07, 6.45) is 2.82. The minimum absolute atomic E-state index is 0.641. The molecule has 0 saturated heterocycles. The zero-order chi connectivity index (χ0) is 10.9. The van der Waals surface area contributed by atoms with Crippen LogP contribution in [0.5, 0.6) is 0 Å². The molecule has 1 aromatic rings. The van der Waals surface area contributed by atoms with Gasteiger partial charge in [0.2, 0.25) is 0 Å². The van der Waals surface area contributed by atoms with Gasteiger partial charge in [-0.2, -0.15) is 0 Å². The number of allylic oxidation sites excluding steroid dienone is 1. The Hall–Kier alpha value is -1.12. The van der Waals surface area contributed by atoms with Crippen molar-refractivity contribution in [2.45, 2.75) is 13.0 Å². The first kappa shape index (κ1) is 12.0. The van der Waals surface area contributed by atoms with E-state index in [1.165, 1.54) is 11.1 Å². The van der Waals surface area contributed by atoms with E-state index in [2.05, 4.69) is 24.8 Å². The first-order valence-corrected chi connectivity index (χ1v) is 5.12. The summed E-state index contributed by atoms with van der Waals surface area (Å²) in [5.41, 5.74) is 2.48. The molecule has 0 amide bonds. The van der Waals surface area contributed by atoms with Crippen LogP contribution in [-0.2, 0) is 22.5 Å². The molecule has 0 aliphatic heterocycles. The van der Waals surface area contributed by atoms with Crippen LogP contribution in [-0.4, -0.2) is 20.3 Å². The second kappa shape index (κ2) is 7.21. The van der Waals surface area contributed by atoms with Gasteiger partial charge in [0.1, 0.15) is 0 Å². The topological polar surface area (TPSA) is 18.5 Å². The van der Waals surface area contributed by atoms with Crippen molar-refractivity contribution in [2.24, 2.45) is 0 Å². The third kappa shape index (κ3) is 4.77. The highest BCUT2D eigenvalue weighted by Crippen LogP contribution is 2.07. The Kier molecular flexibility index (Phi) is 5.74. The first-order chi connectivity index (χ1) is 7.36. The third-order valence-corrected chi connectivity index (χ3v) is 2.07. The van der Waals surface area contributed by atoms with E-state index in [9.17, 15) is 0 Å². The van der Waals surface area contributed by atoms with E-state index in [1.54, 1.807) is 7.11 Å². The van der Waals surface area contributed by atoms with Crippen molar-refractivity contribution in [1.29, 1.82) is 0 Å². The van der Waals surface area contributed by atoms with Gasteiger partial charge >= 0.3 is 0 Å². The number of benzene rings is 1. The Morgan fingerprint density at radius 2 is 2.07 bits per heavy atom. The second-order valence-electron chi connectivity index (χ2n) is 3.36. The Morgan fingerprint density at radius 1 is 1.27 bits per heavy atom. The molecule has 0 atom stereocenters. The van der Waals surface area contributed by atoms with Gasteiger partial charge in [-0.05, 0) is 17.5 Å². The summed E-state index contributed by atoms with van der Waals surface area (Å²) in [6, 6.07) is 8.36. The van der Waals surface area contributed by atoms with Crippen molar-refractivity contribution < 1.29 is 9.47 Å². The summed E-state index contributed by atoms with van der Waals surface area (Å²) < 4.78 is 10.3. The van der Waals surface area contributed by atoms with Gasteiger partial charge in [-0.3, -0.25) is 0 Å². The molecule has 15 heavy (non-hydrogen) atoms. The van der Waals surface area contributed by atoms with Gasteiger partial charge in [-0.15, -0.1) is 6.58 Å². The minimum atomic E-state index is 0.641. The Balaban J connectivity index is 2.39. The molecule has 0 aliphatic rings. The number of rotatable bonds is 7. The lowest BCUT2D eigenvalue weighted by atomic mass is 10.1. The predicted molar refractivity (Wildman–Crippen MR) is 61.9 cm³/mol. The summed E-state index contributed by atoms with van der Waals surface area (Å²) in [7, 11) is 1.67. The van der Waals surface area contributed by atoms with Crippen LogP contribution < -0.4 is 0 Å². The molecule has 0 radical (unpaired) electrons. The van der Waals surface area contributed by atoms with Crippen molar-refractivity contribution in [1.82, 2.24) is 0 Å². The highest BCUT2D eigenvalue weighted by Gasteiger charge is 1.95. The highest BCUT2D eigenvalue weighted by atomic mass is 16.5. The number of methoxy groups -OCH3 is 1. The predicted octanol–water partition coefficient (Wildman–Crippen LogP) is 2.58. The van der Waals surface area contributed by atoms with E-state index in [1.807, 2.05) is 12.1 Å². The smallest absolute Gasteiger partial charge is 0.0718 e. The van der Waals surface area contributed by atoms with E-state index in [4.69, 9.17) is 9.47 Å². The van der Waals surface area contributed by atoms with E-state index < -0.39 is 0 Å². The average Bonchev–Trinajstić information content (AvgIpc) is 2.26. The van der Waals surface area contributed by atoms with Gasteiger partial charge < -0.3 is 9.47 Å². The summed E-state index contributed by atoms with van der Waals surface area (Å²) in [6.45, 7) is 5.66. The Morgan fingerprint density at radius 3 is 2.80 bits per heavy atom. The van der Waals surface area contributed by atoms with Crippen LogP contribution in [0.3, 0.4) is 0 Å². The fraction of sp³-hybridized carbons (Fsp3) is 0.385. The molecular weight excluding hydrogens is 188 g/mol. The lowest BCUT2D eigenvalue weighted by Crippen LogP contribution is -2.01. The van der Waals surface area contributed by atoms with Crippen LogP contribution in [0.25, 0.3) is 0 Å². The largest absolute Gasteiger partial charge is 0.382 e. The Bertz CT molecular complexity index is 294. The van der Waals surface area contributed by atoms with Crippen molar-refractivity contribution in [3.63, 3.8) is 0 Å². The average molecular weight is 206 g/mol. The molecule has 0 N–H and O–H groups in total. The van der Waals surface area contributed by atoms with Crippen LogP contribution in [0.15, 0.2) is 36.9 Å². The highest BCUT2D eigenvalue weighted by molar-refractivity contribution is 5.24. The van der Waals surface area contributed by atoms with Gasteiger partial charge in [-0.25, -0.2) is 0 Å². The molecule has 0 bridgehead atoms. The maximum atomic E-state index is 5.44. The monoisotopic (exact) mass is 206 g/mol. The third-order valence-electron chi connectivity index (χ3n) is 2.07. The number of ether oxygens (including phenoxy) is 2. The fourth-order valence-electron chi connectivity index (χ4n) is 1.35. The van der Waals surface area contributed by atoms with Crippen molar-refractivity contribution in [3.05, 3.63) is 48.0 Å². The molecule has 0 aromatic heterocycles. The molecule has 2 heteroatoms. The van der Waals surface area contributed by atoms with Crippen molar-refractivity contribution in [3.8, 4) is 0 Å². The molecule has 82 valence electrons. The van der Waals surface area contributed by atoms with Crippen molar-refractivity contribution in [2.75, 3.05) is 20.3 Å².